The molecule has 114 valence electrons. The topological polar surface area (TPSA) is 101 Å². The average Bonchev–Trinajstić information content (AvgIpc) is 2.90. The summed E-state index contributed by atoms with van der Waals surface area (Å²) < 4.78 is 12.4. The molecule has 7 nitrogen and oxygen atoms in total. The molecule has 0 spiro atoms. The van der Waals surface area contributed by atoms with Gasteiger partial charge >= 0.3 is 0 Å². The zero-order chi connectivity index (χ0) is 14.1. The van der Waals surface area contributed by atoms with E-state index >= 15 is 0 Å². The second-order valence-electron chi connectivity index (χ2n) is 4.77. The van der Waals surface area contributed by atoms with Gasteiger partial charge in [-0.25, -0.2) is 4.98 Å². The Hall–Kier alpha value is -1.51. The Morgan fingerprint density at radius 3 is 2.90 bits per heavy atom. The number of nitro benzene ring substituents is 1. The zero-order valence-corrected chi connectivity index (χ0v) is 12.7. The van der Waals surface area contributed by atoms with Crippen molar-refractivity contribution in [3.8, 4) is 0 Å². The lowest BCUT2D eigenvalue weighted by Gasteiger charge is -2.20. The molecular formula is C12H15ClN4O3S. The minimum absolute atomic E-state index is 0. The number of hydrogen-bond donors (Lipinski definition) is 2. The number of hydrogen-bond acceptors (Lipinski definition) is 5. The molecule has 0 amide bonds. The van der Waals surface area contributed by atoms with Crippen LogP contribution < -0.4 is 5.32 Å². The van der Waals surface area contributed by atoms with Gasteiger partial charge in [0.2, 0.25) is 0 Å². The van der Waals surface area contributed by atoms with Crippen LogP contribution in [-0.4, -0.2) is 37.4 Å². The third-order valence-corrected chi connectivity index (χ3v) is 4.98. The summed E-state index contributed by atoms with van der Waals surface area (Å²) in [6, 6.07) is 4.39. The highest BCUT2D eigenvalue weighted by Gasteiger charge is 2.23. The predicted octanol–water partition coefficient (Wildman–Crippen LogP) is 1.75. The molecule has 1 fully saturated rings. The van der Waals surface area contributed by atoms with Gasteiger partial charge in [-0.15, -0.1) is 12.4 Å². The number of halogens is 1. The molecule has 0 bridgehead atoms. The Morgan fingerprint density at radius 2 is 2.24 bits per heavy atom. The third kappa shape index (κ3) is 3.22. The van der Waals surface area contributed by atoms with Crippen molar-refractivity contribution in [2.75, 3.05) is 13.1 Å². The highest BCUT2D eigenvalue weighted by atomic mass is 35.5. The first-order valence-corrected chi connectivity index (χ1v) is 7.62. The number of non-ortho nitro benzene ring substituents is 1. The number of rotatable bonds is 3. The molecule has 0 saturated carbocycles. The molecule has 2 aromatic rings. The lowest BCUT2D eigenvalue weighted by atomic mass is 10.2. The summed E-state index contributed by atoms with van der Waals surface area (Å²) >= 11 is 0. The zero-order valence-electron chi connectivity index (χ0n) is 11.1. The first kappa shape index (κ1) is 15.9. The summed E-state index contributed by atoms with van der Waals surface area (Å²) in [6.07, 6.45) is 1.90. The standard InChI is InChI=1S/C12H14N4O3S.ClH/c17-16(18)8-3-4-10-11(6-8)15-12(14-10)20(19)9-2-1-5-13-7-9;/h3-4,6,9,13H,1-2,5,7H2,(H,14,15);1H. The number of piperidine rings is 1. The molecule has 3 rings (SSSR count). The highest BCUT2D eigenvalue weighted by Crippen LogP contribution is 2.22. The SMILES string of the molecule is Cl.O=[N+]([O-])c1ccc2nc(S(=O)C3CCCNC3)[nH]c2c1. The van der Waals surface area contributed by atoms with Crippen molar-refractivity contribution >= 4 is 39.9 Å². The smallest absolute Gasteiger partial charge is 0.271 e. The fourth-order valence-corrected chi connectivity index (χ4v) is 3.71. The molecular weight excluding hydrogens is 316 g/mol. The molecule has 1 aliphatic heterocycles. The maximum atomic E-state index is 12.4. The van der Waals surface area contributed by atoms with Crippen molar-refractivity contribution in [2.24, 2.45) is 0 Å². The number of nitrogens with zero attached hydrogens (tertiary/aromatic N) is 2. The van der Waals surface area contributed by atoms with E-state index in [0.29, 0.717) is 22.7 Å². The van der Waals surface area contributed by atoms with Crippen LogP contribution in [0.25, 0.3) is 11.0 Å². The minimum Gasteiger partial charge on any atom is -0.331 e. The molecule has 1 saturated heterocycles. The molecule has 0 radical (unpaired) electrons. The highest BCUT2D eigenvalue weighted by molar-refractivity contribution is 7.85. The third-order valence-electron chi connectivity index (χ3n) is 3.40. The van der Waals surface area contributed by atoms with Crippen LogP contribution >= 0.6 is 12.4 Å². The number of imidazole rings is 1. The summed E-state index contributed by atoms with van der Waals surface area (Å²) in [4.78, 5) is 17.5. The molecule has 0 aliphatic carbocycles. The van der Waals surface area contributed by atoms with Crippen LogP contribution in [0.3, 0.4) is 0 Å². The van der Waals surface area contributed by atoms with E-state index in [4.69, 9.17) is 0 Å². The number of fused-ring (bicyclic) bond motifs is 1. The van der Waals surface area contributed by atoms with Gasteiger partial charge in [0.15, 0.2) is 5.16 Å². The van der Waals surface area contributed by atoms with Crippen molar-refractivity contribution in [1.29, 1.82) is 0 Å². The van der Waals surface area contributed by atoms with Gasteiger partial charge in [-0.1, -0.05) is 0 Å². The van der Waals surface area contributed by atoms with E-state index in [-0.39, 0.29) is 23.3 Å². The van der Waals surface area contributed by atoms with Gasteiger partial charge in [0.25, 0.3) is 5.69 Å². The molecule has 2 N–H and O–H groups in total. The number of aromatic amines is 1. The molecule has 1 aromatic carbocycles. The molecule has 2 atom stereocenters. The van der Waals surface area contributed by atoms with Crippen molar-refractivity contribution in [3.05, 3.63) is 28.3 Å². The molecule has 2 heterocycles. The second-order valence-corrected chi connectivity index (χ2v) is 6.41. The van der Waals surface area contributed by atoms with E-state index < -0.39 is 15.7 Å². The predicted molar refractivity (Wildman–Crippen MR) is 82.3 cm³/mol. The van der Waals surface area contributed by atoms with Gasteiger partial charge in [0.1, 0.15) is 0 Å². The second kappa shape index (κ2) is 6.50. The summed E-state index contributed by atoms with van der Waals surface area (Å²) in [5.74, 6) is 0. The number of nitrogens with one attached hydrogen (secondary N) is 2. The quantitative estimate of drug-likeness (QED) is 0.659. The summed E-state index contributed by atoms with van der Waals surface area (Å²) in [5, 5.41) is 14.4. The first-order chi connectivity index (χ1) is 9.65. The van der Waals surface area contributed by atoms with E-state index in [1.807, 2.05) is 0 Å². The van der Waals surface area contributed by atoms with Crippen LogP contribution in [0.4, 0.5) is 5.69 Å². The van der Waals surface area contributed by atoms with Gasteiger partial charge in [-0.2, -0.15) is 0 Å². The van der Waals surface area contributed by atoms with Crippen molar-refractivity contribution in [1.82, 2.24) is 15.3 Å². The van der Waals surface area contributed by atoms with E-state index in [1.165, 1.54) is 12.1 Å². The molecule has 2 unspecified atom stereocenters. The van der Waals surface area contributed by atoms with Crippen LogP contribution in [0.2, 0.25) is 0 Å². The van der Waals surface area contributed by atoms with Crippen molar-refractivity contribution in [2.45, 2.75) is 23.2 Å². The number of nitro groups is 1. The molecule has 1 aliphatic rings. The monoisotopic (exact) mass is 330 g/mol. The van der Waals surface area contributed by atoms with Gasteiger partial charge in [-0.05, 0) is 25.5 Å². The van der Waals surface area contributed by atoms with Crippen molar-refractivity contribution in [3.63, 3.8) is 0 Å². The Morgan fingerprint density at radius 1 is 1.43 bits per heavy atom. The Balaban J connectivity index is 0.00000161. The lowest BCUT2D eigenvalue weighted by Crippen LogP contribution is -2.36. The largest absolute Gasteiger partial charge is 0.331 e. The molecule has 21 heavy (non-hydrogen) atoms. The first-order valence-electron chi connectivity index (χ1n) is 6.40. The maximum Gasteiger partial charge on any atom is 0.271 e. The maximum absolute atomic E-state index is 12.4. The molecule has 9 heteroatoms. The Labute approximate surface area is 129 Å². The average molecular weight is 331 g/mol. The number of H-pyrrole nitrogens is 1. The van der Waals surface area contributed by atoms with E-state index in [9.17, 15) is 14.3 Å². The summed E-state index contributed by atoms with van der Waals surface area (Å²) in [6.45, 7) is 1.67. The number of aromatic nitrogens is 2. The van der Waals surface area contributed by atoms with E-state index in [2.05, 4.69) is 15.3 Å². The van der Waals surface area contributed by atoms with Gasteiger partial charge in [-0.3, -0.25) is 14.3 Å². The van der Waals surface area contributed by atoms with Crippen LogP contribution in [0, 0.1) is 10.1 Å². The van der Waals surface area contributed by atoms with Crippen LogP contribution in [-0.2, 0) is 10.8 Å². The Bertz CT molecular complexity index is 684. The minimum atomic E-state index is -1.22. The molecule has 1 aromatic heterocycles. The van der Waals surface area contributed by atoms with Gasteiger partial charge < -0.3 is 10.3 Å². The van der Waals surface area contributed by atoms with E-state index in [1.54, 1.807) is 6.07 Å². The number of benzene rings is 1. The lowest BCUT2D eigenvalue weighted by molar-refractivity contribution is -0.384. The van der Waals surface area contributed by atoms with Crippen LogP contribution in [0.5, 0.6) is 0 Å². The van der Waals surface area contributed by atoms with Gasteiger partial charge in [0.05, 0.1) is 32.0 Å². The van der Waals surface area contributed by atoms with Crippen molar-refractivity contribution < 1.29 is 9.13 Å². The fourth-order valence-electron chi connectivity index (χ4n) is 2.34. The fraction of sp³-hybridized carbons (Fsp3) is 0.417. The van der Waals surface area contributed by atoms with E-state index in [0.717, 1.165) is 19.4 Å². The van der Waals surface area contributed by atoms with Crippen LogP contribution in [0.15, 0.2) is 23.4 Å². The Kier molecular flexibility index (Phi) is 4.92. The summed E-state index contributed by atoms with van der Waals surface area (Å²) in [7, 11) is -1.22. The summed E-state index contributed by atoms with van der Waals surface area (Å²) in [5.41, 5.74) is 1.15. The normalized spacial score (nSPS) is 19.9. The van der Waals surface area contributed by atoms with Crippen LogP contribution in [0.1, 0.15) is 12.8 Å². The van der Waals surface area contributed by atoms with Gasteiger partial charge in [0, 0.05) is 18.7 Å².